The van der Waals surface area contributed by atoms with Crippen LogP contribution in [0.15, 0.2) is 30.3 Å². The van der Waals surface area contributed by atoms with Gasteiger partial charge in [-0.15, -0.1) is 0 Å². The molecule has 0 heterocycles. The molecule has 2 N–H and O–H groups in total. The normalized spacial score (nSPS) is 14.2. The Balaban J connectivity index is 2.54. The second-order valence-electron chi connectivity index (χ2n) is 3.61. The Labute approximate surface area is 95.2 Å². The second-order valence-corrected chi connectivity index (χ2v) is 3.61. The number of nitrogens with one attached hydrogen (secondary N) is 1. The molecule has 0 aliphatic heterocycles. The van der Waals surface area contributed by atoms with Crippen molar-refractivity contribution >= 4 is 5.97 Å². The Hall–Kier alpha value is -1.39. The first-order valence-corrected chi connectivity index (χ1v) is 5.18. The van der Waals surface area contributed by atoms with Crippen LogP contribution in [0.3, 0.4) is 0 Å². The number of hydrogen-bond donors (Lipinski definition) is 2. The quantitative estimate of drug-likeness (QED) is 0.721. The number of carbonyl (C=O) groups is 1. The minimum atomic E-state index is -0.781. The molecule has 0 fully saturated rings. The highest BCUT2D eigenvalue weighted by Crippen LogP contribution is 2.01. The average molecular weight is 223 g/mol. The summed E-state index contributed by atoms with van der Waals surface area (Å²) in [5.41, 5.74) is 1.05. The van der Waals surface area contributed by atoms with Gasteiger partial charge in [0.1, 0.15) is 6.04 Å². The zero-order valence-electron chi connectivity index (χ0n) is 9.51. The third-order valence-corrected chi connectivity index (χ3v) is 2.31. The van der Waals surface area contributed by atoms with Gasteiger partial charge in [-0.2, -0.15) is 0 Å². The van der Waals surface area contributed by atoms with Crippen molar-refractivity contribution in [2.75, 3.05) is 7.11 Å². The van der Waals surface area contributed by atoms with Crippen LogP contribution < -0.4 is 5.32 Å². The van der Waals surface area contributed by atoms with Crippen LogP contribution in [0.4, 0.5) is 0 Å². The summed E-state index contributed by atoms with van der Waals surface area (Å²) in [6.07, 6.45) is -0.781. The highest BCUT2D eigenvalue weighted by atomic mass is 16.5. The molecule has 0 bridgehead atoms. The Morgan fingerprint density at radius 2 is 2.06 bits per heavy atom. The number of aliphatic hydroxyl groups excluding tert-OH is 1. The van der Waals surface area contributed by atoms with E-state index in [9.17, 15) is 9.90 Å². The van der Waals surface area contributed by atoms with Crippen LogP contribution in [0.25, 0.3) is 0 Å². The lowest BCUT2D eigenvalue weighted by atomic mass is 10.1. The van der Waals surface area contributed by atoms with Gasteiger partial charge >= 0.3 is 5.97 Å². The molecule has 4 heteroatoms. The molecule has 4 nitrogen and oxygen atoms in total. The molecule has 0 saturated carbocycles. The summed E-state index contributed by atoms with van der Waals surface area (Å²) in [5.74, 6) is -0.453. The molecule has 0 unspecified atom stereocenters. The molecule has 0 amide bonds. The van der Waals surface area contributed by atoms with Gasteiger partial charge in [0.25, 0.3) is 0 Å². The van der Waals surface area contributed by atoms with Crippen LogP contribution >= 0.6 is 0 Å². The van der Waals surface area contributed by atoms with Gasteiger partial charge in [-0.05, 0) is 12.5 Å². The molecule has 0 spiro atoms. The molecule has 88 valence electrons. The van der Waals surface area contributed by atoms with Crippen molar-refractivity contribution < 1.29 is 14.6 Å². The van der Waals surface area contributed by atoms with Crippen LogP contribution in [-0.4, -0.2) is 30.3 Å². The minimum absolute atomic E-state index is 0.453. The zero-order valence-corrected chi connectivity index (χ0v) is 9.51. The molecule has 0 radical (unpaired) electrons. The fraction of sp³-hybridized carbons (Fsp3) is 0.417. The monoisotopic (exact) mass is 223 g/mol. The number of carbonyl (C=O) groups excluding carboxylic acids is 1. The number of ether oxygens (including phenoxy) is 1. The van der Waals surface area contributed by atoms with Gasteiger partial charge in [0.05, 0.1) is 13.2 Å². The fourth-order valence-electron chi connectivity index (χ4n) is 1.40. The summed E-state index contributed by atoms with van der Waals surface area (Å²) < 4.78 is 4.60. The van der Waals surface area contributed by atoms with E-state index in [2.05, 4.69) is 10.1 Å². The van der Waals surface area contributed by atoms with E-state index in [1.165, 1.54) is 7.11 Å². The molecular formula is C12H17NO3. The van der Waals surface area contributed by atoms with E-state index in [4.69, 9.17) is 0 Å². The van der Waals surface area contributed by atoms with Gasteiger partial charge in [0.15, 0.2) is 0 Å². The van der Waals surface area contributed by atoms with Crippen LogP contribution in [-0.2, 0) is 16.1 Å². The van der Waals surface area contributed by atoms with Gasteiger partial charge in [-0.25, -0.2) is 0 Å². The zero-order chi connectivity index (χ0) is 12.0. The van der Waals surface area contributed by atoms with Crippen molar-refractivity contribution in [1.82, 2.24) is 5.32 Å². The maximum absolute atomic E-state index is 11.3. The van der Waals surface area contributed by atoms with Crippen molar-refractivity contribution in [3.63, 3.8) is 0 Å². The van der Waals surface area contributed by atoms with Gasteiger partial charge in [-0.3, -0.25) is 10.1 Å². The van der Waals surface area contributed by atoms with Gasteiger partial charge in [-0.1, -0.05) is 30.3 Å². The van der Waals surface area contributed by atoms with Crippen molar-refractivity contribution in [1.29, 1.82) is 0 Å². The number of esters is 1. The van der Waals surface area contributed by atoms with Crippen molar-refractivity contribution in [3.05, 3.63) is 35.9 Å². The lowest BCUT2D eigenvalue weighted by Crippen LogP contribution is -2.45. The molecule has 0 aliphatic rings. The highest BCUT2D eigenvalue weighted by molar-refractivity contribution is 5.76. The summed E-state index contributed by atoms with van der Waals surface area (Å²) in [5, 5.41) is 12.4. The molecule has 0 aromatic heterocycles. The number of hydrogen-bond acceptors (Lipinski definition) is 4. The topological polar surface area (TPSA) is 58.6 Å². The smallest absolute Gasteiger partial charge is 0.325 e. The first-order chi connectivity index (χ1) is 7.65. The maximum atomic E-state index is 11.3. The summed E-state index contributed by atoms with van der Waals surface area (Å²) >= 11 is 0. The summed E-state index contributed by atoms with van der Waals surface area (Å²) in [6, 6.07) is 8.98. The van der Waals surface area contributed by atoms with Crippen LogP contribution in [0.1, 0.15) is 12.5 Å². The van der Waals surface area contributed by atoms with E-state index in [0.717, 1.165) is 5.56 Å². The largest absolute Gasteiger partial charge is 0.468 e. The predicted octanol–water partition coefficient (Wildman–Crippen LogP) is 0.699. The number of aliphatic hydroxyl groups is 1. The average Bonchev–Trinajstić information content (AvgIpc) is 2.30. The lowest BCUT2D eigenvalue weighted by molar-refractivity contribution is -0.145. The van der Waals surface area contributed by atoms with Gasteiger partial charge < -0.3 is 9.84 Å². The second kappa shape index (κ2) is 6.25. The van der Waals surface area contributed by atoms with E-state index >= 15 is 0 Å². The van der Waals surface area contributed by atoms with Crippen LogP contribution in [0.2, 0.25) is 0 Å². The van der Waals surface area contributed by atoms with Crippen LogP contribution in [0, 0.1) is 0 Å². The van der Waals surface area contributed by atoms with Crippen molar-refractivity contribution in [2.45, 2.75) is 25.6 Å². The molecule has 1 aromatic carbocycles. The number of rotatable bonds is 5. The number of methoxy groups -OCH3 is 1. The highest BCUT2D eigenvalue weighted by Gasteiger charge is 2.23. The number of benzene rings is 1. The Bertz CT molecular complexity index is 324. The molecule has 1 rings (SSSR count). The summed E-state index contributed by atoms with van der Waals surface area (Å²) in [4.78, 5) is 11.3. The first-order valence-electron chi connectivity index (χ1n) is 5.18. The van der Waals surface area contributed by atoms with Crippen molar-refractivity contribution in [2.24, 2.45) is 0 Å². The van der Waals surface area contributed by atoms with Gasteiger partial charge in [0.2, 0.25) is 0 Å². The maximum Gasteiger partial charge on any atom is 0.325 e. The fourth-order valence-corrected chi connectivity index (χ4v) is 1.40. The Morgan fingerprint density at radius 3 is 2.56 bits per heavy atom. The van der Waals surface area contributed by atoms with Crippen LogP contribution in [0.5, 0.6) is 0 Å². The van der Waals surface area contributed by atoms with E-state index < -0.39 is 18.1 Å². The lowest BCUT2D eigenvalue weighted by Gasteiger charge is -2.18. The third kappa shape index (κ3) is 3.64. The molecule has 1 aromatic rings. The molecule has 16 heavy (non-hydrogen) atoms. The Morgan fingerprint density at radius 1 is 1.44 bits per heavy atom. The van der Waals surface area contributed by atoms with E-state index in [1.807, 2.05) is 30.3 Å². The Kier molecular flexibility index (Phi) is 4.95. The molecule has 2 atom stereocenters. The van der Waals surface area contributed by atoms with Crippen molar-refractivity contribution in [3.8, 4) is 0 Å². The summed E-state index contributed by atoms with van der Waals surface area (Å²) in [6.45, 7) is 2.07. The first kappa shape index (κ1) is 12.7. The van der Waals surface area contributed by atoms with E-state index in [1.54, 1.807) is 6.92 Å². The van der Waals surface area contributed by atoms with E-state index in [0.29, 0.717) is 6.54 Å². The summed E-state index contributed by atoms with van der Waals surface area (Å²) in [7, 11) is 1.31. The minimum Gasteiger partial charge on any atom is -0.468 e. The third-order valence-electron chi connectivity index (χ3n) is 2.31. The molecule has 0 saturated heterocycles. The van der Waals surface area contributed by atoms with E-state index in [-0.39, 0.29) is 0 Å². The predicted molar refractivity (Wildman–Crippen MR) is 60.8 cm³/mol. The standard InChI is InChI=1S/C12H17NO3/c1-9(14)11(12(15)16-2)13-8-10-6-4-3-5-7-10/h3-7,9,11,13-14H,8H2,1-2H3/t9-,11-/m0/s1. The SMILES string of the molecule is COC(=O)[C@@H](NCc1ccccc1)[C@H](C)O. The molecular weight excluding hydrogens is 206 g/mol. The van der Waals surface area contributed by atoms with Gasteiger partial charge in [0, 0.05) is 6.54 Å². The molecule has 0 aliphatic carbocycles.